The summed E-state index contributed by atoms with van der Waals surface area (Å²) >= 11 is 1.44. The monoisotopic (exact) mass is 491 g/mol. The molecule has 9 heteroatoms. The number of carbonyl (C=O) groups is 2. The minimum Gasteiger partial charge on any atom is -0.394 e. The molecule has 4 atom stereocenters. The second kappa shape index (κ2) is 13.3. The van der Waals surface area contributed by atoms with Gasteiger partial charge in [-0.3, -0.25) is 9.59 Å². The third-order valence-corrected chi connectivity index (χ3v) is 8.21. The van der Waals surface area contributed by atoms with Crippen LogP contribution < -0.4 is 16.4 Å². The number of carbonyl (C=O) groups excluding carboxylic acids is 2. The van der Waals surface area contributed by atoms with Crippen LogP contribution in [0.25, 0.3) is 0 Å². The van der Waals surface area contributed by atoms with Gasteiger partial charge < -0.3 is 31.3 Å². The number of hydrogen-bond donors (Lipinski definition) is 4. The fourth-order valence-electron chi connectivity index (χ4n) is 4.64. The maximum atomic E-state index is 13.0. The summed E-state index contributed by atoms with van der Waals surface area (Å²) in [5.41, 5.74) is 8.58. The number of likely N-dealkylation sites (tertiary alicyclic amines) is 1. The summed E-state index contributed by atoms with van der Waals surface area (Å²) < 4.78 is 0. The summed E-state index contributed by atoms with van der Waals surface area (Å²) in [6.07, 6.45) is 5.22. The zero-order chi connectivity index (χ0) is 24.5. The predicted octanol–water partition coefficient (Wildman–Crippen LogP) is 1.63. The first-order valence-corrected chi connectivity index (χ1v) is 13.6. The van der Waals surface area contributed by atoms with Gasteiger partial charge in [0.15, 0.2) is 0 Å². The van der Waals surface area contributed by atoms with Gasteiger partial charge in [-0.15, -0.1) is 11.8 Å². The van der Waals surface area contributed by atoms with E-state index in [1.54, 1.807) is 4.90 Å². The lowest BCUT2D eigenvalue weighted by atomic mass is 10.1. The smallest absolute Gasteiger partial charge is 0.240 e. The highest BCUT2D eigenvalue weighted by Gasteiger charge is 2.44. The Morgan fingerprint density at radius 2 is 1.94 bits per heavy atom. The number of nitrogens with zero attached hydrogens (tertiary/aromatic N) is 2. The molecule has 2 amide bonds. The normalized spacial score (nSPS) is 22.7. The van der Waals surface area contributed by atoms with Gasteiger partial charge in [0.05, 0.1) is 12.6 Å². The number of anilines is 1. The lowest BCUT2D eigenvalue weighted by molar-refractivity contribution is -0.131. The van der Waals surface area contributed by atoms with Crippen molar-refractivity contribution in [3.8, 4) is 0 Å². The van der Waals surface area contributed by atoms with Crippen molar-refractivity contribution >= 4 is 29.3 Å². The highest BCUT2D eigenvalue weighted by atomic mass is 32.2. The molecule has 34 heavy (non-hydrogen) atoms. The third kappa shape index (κ3) is 7.10. The quantitative estimate of drug-likeness (QED) is 0.332. The molecule has 2 fully saturated rings. The Balaban J connectivity index is 1.51. The lowest BCUT2D eigenvalue weighted by Gasteiger charge is -2.28. The summed E-state index contributed by atoms with van der Waals surface area (Å²) in [7, 11) is 0. The Bertz CT molecular complexity index is 787. The second-order valence-corrected chi connectivity index (χ2v) is 10.5. The van der Waals surface area contributed by atoms with Gasteiger partial charge in [-0.1, -0.05) is 25.5 Å². The van der Waals surface area contributed by atoms with E-state index >= 15 is 0 Å². The molecule has 2 aliphatic rings. The van der Waals surface area contributed by atoms with Gasteiger partial charge in [-0.05, 0) is 63.4 Å². The van der Waals surface area contributed by atoms with Crippen LogP contribution in [-0.4, -0.2) is 88.8 Å². The number of benzene rings is 1. The largest absolute Gasteiger partial charge is 0.394 e. The molecule has 1 aromatic rings. The molecule has 0 saturated carbocycles. The van der Waals surface area contributed by atoms with Crippen LogP contribution in [-0.2, 0) is 16.0 Å². The van der Waals surface area contributed by atoms with Crippen molar-refractivity contribution < 1.29 is 14.7 Å². The maximum Gasteiger partial charge on any atom is 0.240 e. The zero-order valence-corrected chi connectivity index (χ0v) is 21.4. The molecule has 0 aliphatic carbocycles. The average molecular weight is 492 g/mol. The highest BCUT2D eigenvalue weighted by Crippen LogP contribution is 2.33. The van der Waals surface area contributed by atoms with Crippen LogP contribution in [0.2, 0.25) is 0 Å². The molecule has 2 unspecified atom stereocenters. The minimum absolute atomic E-state index is 0.00255. The van der Waals surface area contributed by atoms with E-state index in [1.165, 1.54) is 43.3 Å². The van der Waals surface area contributed by atoms with Gasteiger partial charge in [0.1, 0.15) is 16.7 Å². The number of hydrogen-bond acceptors (Lipinski definition) is 7. The third-order valence-electron chi connectivity index (χ3n) is 6.68. The first-order valence-electron chi connectivity index (χ1n) is 12.6. The number of aliphatic hydroxyl groups excluding tert-OH is 1. The van der Waals surface area contributed by atoms with E-state index in [4.69, 9.17) is 5.73 Å². The number of likely N-dealkylation sites (N-methyl/N-ethyl adjacent to an activating group) is 1. The average Bonchev–Trinajstić information content (AvgIpc) is 3.48. The van der Waals surface area contributed by atoms with Crippen molar-refractivity contribution in [2.24, 2.45) is 5.73 Å². The summed E-state index contributed by atoms with van der Waals surface area (Å²) in [6.45, 7) is 8.30. The van der Waals surface area contributed by atoms with Gasteiger partial charge in [0, 0.05) is 25.3 Å². The van der Waals surface area contributed by atoms with Crippen molar-refractivity contribution in [1.29, 1.82) is 0 Å². The van der Waals surface area contributed by atoms with Crippen LogP contribution in [0.15, 0.2) is 24.3 Å². The van der Waals surface area contributed by atoms with E-state index in [1.807, 2.05) is 13.8 Å². The van der Waals surface area contributed by atoms with Crippen molar-refractivity contribution in [2.45, 2.75) is 68.7 Å². The number of aliphatic hydroxyl groups is 1. The molecule has 0 spiro atoms. The number of thioether (sulfide) groups is 1. The van der Waals surface area contributed by atoms with Crippen LogP contribution in [0.3, 0.4) is 0 Å². The molecule has 0 aromatic heterocycles. The van der Waals surface area contributed by atoms with E-state index in [0.29, 0.717) is 19.5 Å². The Morgan fingerprint density at radius 1 is 1.24 bits per heavy atom. The summed E-state index contributed by atoms with van der Waals surface area (Å²) in [5, 5.41) is 15.0. The van der Waals surface area contributed by atoms with Crippen LogP contribution >= 0.6 is 11.8 Å². The standard InChI is InChI=1S/C25H41N5O3S/c1-3-7-20(17-31)28-23(32)22(26)25-30(4-2)24(33)21(34-25)16-27-19-10-8-18(9-11-19)12-15-29-13-5-6-14-29/h8-11,20-22,25,27,31H,3-7,12-17,26H2,1-2H3,(H,28,32)/t20?,21-,22-,25?/m1/s1. The first kappa shape index (κ1) is 26.8. The molecule has 8 nitrogen and oxygen atoms in total. The fourth-order valence-corrected chi connectivity index (χ4v) is 6.10. The molecule has 5 N–H and O–H groups in total. The number of nitrogens with one attached hydrogen (secondary N) is 2. The number of amides is 2. The lowest BCUT2D eigenvalue weighted by Crippen LogP contribution is -2.55. The molecule has 0 bridgehead atoms. The van der Waals surface area contributed by atoms with E-state index < -0.39 is 11.4 Å². The summed E-state index contributed by atoms with van der Waals surface area (Å²) in [4.78, 5) is 29.9. The molecule has 2 aliphatic heterocycles. The molecule has 2 saturated heterocycles. The topological polar surface area (TPSA) is 111 Å². The van der Waals surface area contributed by atoms with E-state index in [-0.39, 0.29) is 29.7 Å². The molecular weight excluding hydrogens is 450 g/mol. The van der Waals surface area contributed by atoms with Gasteiger partial charge in [-0.25, -0.2) is 0 Å². The molecule has 3 rings (SSSR count). The SMILES string of the molecule is CCCC(CO)NC(=O)[C@@H](N)C1S[C@H](CNc2ccc(CCN3CCCC3)cc2)C(=O)N1CC. The van der Waals surface area contributed by atoms with Crippen molar-refractivity contribution in [1.82, 2.24) is 15.1 Å². The van der Waals surface area contributed by atoms with Crippen LogP contribution in [0.1, 0.15) is 45.1 Å². The molecule has 1 aromatic carbocycles. The molecular formula is C25H41N5O3S. The van der Waals surface area contributed by atoms with Crippen LogP contribution in [0.4, 0.5) is 5.69 Å². The molecule has 190 valence electrons. The first-order chi connectivity index (χ1) is 16.5. The number of rotatable bonds is 13. The summed E-state index contributed by atoms with van der Waals surface area (Å²) in [5.74, 6) is -0.322. The van der Waals surface area contributed by atoms with Crippen molar-refractivity contribution in [3.05, 3.63) is 29.8 Å². The Morgan fingerprint density at radius 3 is 2.56 bits per heavy atom. The highest BCUT2D eigenvalue weighted by molar-refractivity contribution is 8.01. The summed E-state index contributed by atoms with van der Waals surface area (Å²) in [6, 6.07) is 7.28. The molecule has 0 radical (unpaired) electrons. The molecule has 2 heterocycles. The Hall–Kier alpha value is -1.81. The Kier molecular flexibility index (Phi) is 10.5. The van der Waals surface area contributed by atoms with E-state index in [2.05, 4.69) is 39.8 Å². The van der Waals surface area contributed by atoms with Gasteiger partial charge in [0.2, 0.25) is 11.8 Å². The fraction of sp³-hybridized carbons (Fsp3) is 0.680. The minimum atomic E-state index is -0.848. The zero-order valence-electron chi connectivity index (χ0n) is 20.5. The van der Waals surface area contributed by atoms with Crippen molar-refractivity contribution in [2.75, 3.05) is 44.6 Å². The van der Waals surface area contributed by atoms with E-state index in [0.717, 1.165) is 25.1 Å². The van der Waals surface area contributed by atoms with Gasteiger partial charge in [0.25, 0.3) is 0 Å². The Labute approximate surface area is 208 Å². The predicted molar refractivity (Wildman–Crippen MR) is 139 cm³/mol. The maximum absolute atomic E-state index is 13.0. The van der Waals surface area contributed by atoms with Gasteiger partial charge in [-0.2, -0.15) is 0 Å². The van der Waals surface area contributed by atoms with Crippen LogP contribution in [0, 0.1) is 0 Å². The van der Waals surface area contributed by atoms with Crippen molar-refractivity contribution in [3.63, 3.8) is 0 Å². The second-order valence-electron chi connectivity index (χ2n) is 9.22. The van der Waals surface area contributed by atoms with Crippen LogP contribution in [0.5, 0.6) is 0 Å². The van der Waals surface area contributed by atoms with E-state index in [9.17, 15) is 14.7 Å². The number of nitrogens with two attached hydrogens (primary N) is 1. The van der Waals surface area contributed by atoms with Gasteiger partial charge >= 0.3 is 0 Å².